The molecule has 142 valence electrons. The molecule has 0 unspecified atom stereocenters. The van der Waals surface area contributed by atoms with E-state index in [9.17, 15) is 9.90 Å². The van der Waals surface area contributed by atoms with Gasteiger partial charge in [-0.3, -0.25) is 4.98 Å². The van der Waals surface area contributed by atoms with Crippen molar-refractivity contribution in [1.29, 1.82) is 0 Å². The average molecular weight is 388 g/mol. The molecular formula is C22H25N2NaO3. The van der Waals surface area contributed by atoms with Crippen LogP contribution in [0.4, 0.5) is 0 Å². The van der Waals surface area contributed by atoms with E-state index in [-0.39, 0.29) is 31.0 Å². The fourth-order valence-electron chi connectivity index (χ4n) is 3.88. The van der Waals surface area contributed by atoms with E-state index in [0.717, 1.165) is 23.9 Å². The molecule has 0 spiro atoms. The number of ether oxygens (including phenoxy) is 1. The third-order valence-corrected chi connectivity index (χ3v) is 5.29. The van der Waals surface area contributed by atoms with Gasteiger partial charge in [0.25, 0.3) is 0 Å². The van der Waals surface area contributed by atoms with Crippen LogP contribution in [0.2, 0.25) is 0 Å². The Morgan fingerprint density at radius 3 is 2.64 bits per heavy atom. The van der Waals surface area contributed by atoms with Crippen molar-refractivity contribution in [2.45, 2.75) is 51.7 Å². The van der Waals surface area contributed by atoms with Gasteiger partial charge in [0.1, 0.15) is 5.75 Å². The van der Waals surface area contributed by atoms with Gasteiger partial charge in [-0.1, -0.05) is 6.42 Å². The quantitative estimate of drug-likeness (QED) is 0.692. The largest absolute Gasteiger partial charge is 1.00 e. The number of fused-ring (bicyclic) bond motifs is 3. The summed E-state index contributed by atoms with van der Waals surface area (Å²) in [5.41, 5.74) is 3.61. The van der Waals surface area contributed by atoms with Gasteiger partial charge >= 0.3 is 35.5 Å². The van der Waals surface area contributed by atoms with E-state index in [1.807, 2.05) is 36.7 Å². The molecule has 0 radical (unpaired) electrons. The van der Waals surface area contributed by atoms with Gasteiger partial charge in [0.15, 0.2) is 5.60 Å². The van der Waals surface area contributed by atoms with E-state index in [2.05, 4.69) is 15.6 Å². The Morgan fingerprint density at radius 1 is 1.18 bits per heavy atom. The summed E-state index contributed by atoms with van der Waals surface area (Å²) in [6.07, 6.45) is 8.28. The Labute approximate surface area is 188 Å². The number of aliphatic carboxylic acids is 1. The molecule has 5 nitrogen and oxygen atoms in total. The van der Waals surface area contributed by atoms with E-state index >= 15 is 0 Å². The fraction of sp³-hybridized carbons (Fsp3) is 0.364. The summed E-state index contributed by atoms with van der Waals surface area (Å²) in [7, 11) is 0. The molecule has 28 heavy (non-hydrogen) atoms. The number of aromatic nitrogens is 2. The van der Waals surface area contributed by atoms with Crippen LogP contribution in [-0.4, -0.2) is 26.2 Å². The second-order valence-electron chi connectivity index (χ2n) is 7.62. The zero-order valence-corrected chi connectivity index (χ0v) is 18.7. The van der Waals surface area contributed by atoms with Crippen LogP contribution in [0.3, 0.4) is 0 Å². The molecule has 2 aromatic heterocycles. The van der Waals surface area contributed by atoms with Crippen molar-refractivity contribution in [3.63, 3.8) is 0 Å². The number of carboxylic acid groups (broad SMARTS) is 1. The standard InChI is InChI=1S/C22H24N2O3.Na.H/c1-22(2,21(25)26)27-16-7-8-18-17(14-16)20(15-9-11-23-12-10-15)19-6-4-3-5-13-24(18)19;;/h7-12,14H,3-6,13H2,1-2H3,(H,25,26);;/q;+1;-1. The molecule has 6 heteroatoms. The molecule has 0 saturated carbocycles. The minimum atomic E-state index is -1.28. The molecule has 1 aliphatic heterocycles. The van der Waals surface area contributed by atoms with Crippen molar-refractivity contribution in [3.05, 3.63) is 48.4 Å². The molecule has 3 heterocycles. The first-order valence-electron chi connectivity index (χ1n) is 9.45. The Morgan fingerprint density at radius 2 is 1.93 bits per heavy atom. The van der Waals surface area contributed by atoms with Gasteiger partial charge in [-0.15, -0.1) is 0 Å². The maximum atomic E-state index is 11.4. The summed E-state index contributed by atoms with van der Waals surface area (Å²) in [5, 5.41) is 10.5. The van der Waals surface area contributed by atoms with E-state index in [1.54, 1.807) is 13.8 Å². The molecule has 4 rings (SSSR count). The van der Waals surface area contributed by atoms with Crippen LogP contribution in [0.15, 0.2) is 42.7 Å². The zero-order chi connectivity index (χ0) is 19.0. The van der Waals surface area contributed by atoms with Gasteiger partial charge in [-0.2, -0.15) is 0 Å². The van der Waals surface area contributed by atoms with Crippen LogP contribution < -0.4 is 34.3 Å². The molecule has 0 saturated heterocycles. The summed E-state index contributed by atoms with van der Waals surface area (Å²) >= 11 is 0. The van der Waals surface area contributed by atoms with Crippen molar-refractivity contribution in [3.8, 4) is 16.9 Å². The molecular weight excluding hydrogens is 363 g/mol. The number of pyridine rings is 1. The first kappa shape index (κ1) is 20.9. The SMILES string of the molecule is CC(C)(Oc1ccc2c(c1)c(-c1ccncc1)c1n2CCCCC1)C(=O)O.[H-].[Na+]. The molecule has 0 aliphatic carbocycles. The summed E-state index contributed by atoms with van der Waals surface area (Å²) in [4.78, 5) is 15.6. The topological polar surface area (TPSA) is 64.4 Å². The van der Waals surface area contributed by atoms with Gasteiger partial charge < -0.3 is 15.8 Å². The predicted octanol–water partition coefficient (Wildman–Crippen LogP) is 1.79. The number of nitrogens with zero attached hydrogens (tertiary/aromatic N) is 2. The fourth-order valence-corrected chi connectivity index (χ4v) is 3.88. The molecule has 0 atom stereocenters. The van der Waals surface area contributed by atoms with Crippen molar-refractivity contribution in [1.82, 2.24) is 9.55 Å². The third kappa shape index (κ3) is 3.84. The van der Waals surface area contributed by atoms with Crippen LogP contribution in [0.25, 0.3) is 22.0 Å². The second kappa shape index (κ2) is 8.27. The summed E-state index contributed by atoms with van der Waals surface area (Å²) in [6.45, 7) is 4.15. The van der Waals surface area contributed by atoms with Crippen LogP contribution in [-0.2, 0) is 17.8 Å². The molecule has 3 aromatic rings. The Hall–Kier alpha value is -1.82. The van der Waals surface area contributed by atoms with Gasteiger partial charge in [0, 0.05) is 41.1 Å². The van der Waals surface area contributed by atoms with Gasteiger partial charge in [-0.25, -0.2) is 4.79 Å². The van der Waals surface area contributed by atoms with E-state index in [4.69, 9.17) is 4.74 Å². The van der Waals surface area contributed by atoms with Gasteiger partial charge in [-0.05, 0) is 69.0 Å². The smallest absolute Gasteiger partial charge is 1.00 e. The van der Waals surface area contributed by atoms with Crippen molar-refractivity contribution in [2.75, 3.05) is 0 Å². The van der Waals surface area contributed by atoms with Crippen LogP contribution in [0, 0.1) is 0 Å². The van der Waals surface area contributed by atoms with Crippen molar-refractivity contribution in [2.24, 2.45) is 0 Å². The minimum Gasteiger partial charge on any atom is -1.00 e. The summed E-state index contributed by atoms with van der Waals surface area (Å²) in [6, 6.07) is 9.99. The number of carbonyl (C=O) groups is 1. The Balaban J connectivity index is 0.00000150. The molecule has 1 N–H and O–H groups in total. The second-order valence-corrected chi connectivity index (χ2v) is 7.62. The maximum absolute atomic E-state index is 11.4. The predicted molar refractivity (Wildman–Crippen MR) is 106 cm³/mol. The molecule has 0 amide bonds. The number of hydrogen-bond donors (Lipinski definition) is 1. The van der Waals surface area contributed by atoms with Crippen molar-refractivity contribution >= 4 is 16.9 Å². The minimum absolute atomic E-state index is 0. The monoisotopic (exact) mass is 388 g/mol. The number of rotatable bonds is 4. The molecule has 1 aromatic carbocycles. The normalized spacial score (nSPS) is 14.1. The summed E-state index contributed by atoms with van der Waals surface area (Å²) < 4.78 is 8.22. The zero-order valence-electron chi connectivity index (χ0n) is 17.7. The van der Waals surface area contributed by atoms with Crippen LogP contribution in [0.1, 0.15) is 40.2 Å². The number of carboxylic acids is 1. The summed E-state index contributed by atoms with van der Waals surface area (Å²) in [5.74, 6) is -0.407. The van der Waals surface area contributed by atoms with Gasteiger partial charge in [0.2, 0.25) is 0 Å². The molecule has 1 aliphatic rings. The first-order valence-corrected chi connectivity index (χ1v) is 9.45. The Bertz CT molecular complexity index is 1000. The molecule has 0 fully saturated rings. The number of aryl methyl sites for hydroxylation is 1. The van der Waals surface area contributed by atoms with Crippen LogP contribution >= 0.6 is 0 Å². The van der Waals surface area contributed by atoms with Crippen LogP contribution in [0.5, 0.6) is 5.75 Å². The third-order valence-electron chi connectivity index (χ3n) is 5.29. The van der Waals surface area contributed by atoms with E-state index in [0.29, 0.717) is 5.75 Å². The average Bonchev–Trinajstić information content (AvgIpc) is 2.78. The van der Waals surface area contributed by atoms with E-state index in [1.165, 1.54) is 36.0 Å². The number of benzene rings is 1. The Kier molecular flexibility index (Phi) is 6.18. The number of hydrogen-bond acceptors (Lipinski definition) is 3. The molecule has 0 bridgehead atoms. The van der Waals surface area contributed by atoms with Gasteiger partial charge in [0.05, 0.1) is 0 Å². The van der Waals surface area contributed by atoms with Crippen molar-refractivity contribution < 1.29 is 45.6 Å². The van der Waals surface area contributed by atoms with E-state index < -0.39 is 11.6 Å². The maximum Gasteiger partial charge on any atom is 1.00 e. The first-order chi connectivity index (χ1) is 13.0.